The first-order valence-electron chi connectivity index (χ1n) is 6.59. The van der Waals surface area contributed by atoms with Gasteiger partial charge >= 0.3 is 0 Å². The molecule has 2 aromatic carbocycles. The van der Waals surface area contributed by atoms with Crippen LogP contribution < -0.4 is 10.1 Å². The molecule has 0 aromatic heterocycles. The van der Waals surface area contributed by atoms with Crippen molar-refractivity contribution in [2.75, 3.05) is 13.7 Å². The van der Waals surface area contributed by atoms with Gasteiger partial charge in [-0.15, -0.1) is 0 Å². The monoisotopic (exact) mass is 371 g/mol. The Labute approximate surface area is 137 Å². The normalized spacial score (nSPS) is 12.2. The van der Waals surface area contributed by atoms with Crippen LogP contribution in [0.3, 0.4) is 0 Å². The van der Waals surface area contributed by atoms with Crippen LogP contribution in [0.1, 0.15) is 24.1 Å². The van der Waals surface area contributed by atoms with Gasteiger partial charge in [0.2, 0.25) is 0 Å². The Morgan fingerprint density at radius 1 is 1.29 bits per heavy atom. The number of methoxy groups -OCH3 is 1. The fourth-order valence-electron chi connectivity index (χ4n) is 2.27. The number of halogens is 3. The second-order valence-corrected chi connectivity index (χ2v) is 5.81. The van der Waals surface area contributed by atoms with Crippen LogP contribution in [-0.2, 0) is 0 Å². The highest BCUT2D eigenvalue weighted by Gasteiger charge is 2.22. The van der Waals surface area contributed by atoms with Gasteiger partial charge in [-0.2, -0.15) is 0 Å². The molecule has 0 spiro atoms. The Kier molecular flexibility index (Phi) is 5.62. The van der Waals surface area contributed by atoms with Crippen molar-refractivity contribution in [1.82, 2.24) is 5.32 Å². The zero-order valence-electron chi connectivity index (χ0n) is 11.8. The molecule has 0 aliphatic rings. The van der Waals surface area contributed by atoms with E-state index in [0.717, 1.165) is 5.56 Å². The van der Waals surface area contributed by atoms with Crippen LogP contribution in [0.15, 0.2) is 40.9 Å². The lowest BCUT2D eigenvalue weighted by Gasteiger charge is -2.22. The maximum atomic E-state index is 14.4. The molecule has 0 saturated carbocycles. The van der Waals surface area contributed by atoms with Crippen LogP contribution in [0, 0.1) is 5.82 Å². The van der Waals surface area contributed by atoms with Crippen molar-refractivity contribution >= 4 is 27.5 Å². The third-order valence-corrected chi connectivity index (χ3v) is 4.05. The van der Waals surface area contributed by atoms with Gasteiger partial charge in [-0.25, -0.2) is 4.39 Å². The number of ether oxygens (including phenoxy) is 1. The Balaban J connectivity index is 2.58. The lowest BCUT2D eigenvalue weighted by Crippen LogP contribution is -2.23. The molecule has 0 radical (unpaired) electrons. The smallest absolute Gasteiger partial charge is 0.142 e. The second kappa shape index (κ2) is 7.25. The molecule has 0 aliphatic carbocycles. The van der Waals surface area contributed by atoms with Gasteiger partial charge < -0.3 is 10.1 Å². The molecule has 0 bridgehead atoms. The summed E-state index contributed by atoms with van der Waals surface area (Å²) in [4.78, 5) is 0. The summed E-state index contributed by atoms with van der Waals surface area (Å²) in [5.74, 6) is 0.384. The van der Waals surface area contributed by atoms with Gasteiger partial charge in [-0.05, 0) is 46.7 Å². The van der Waals surface area contributed by atoms with Crippen LogP contribution >= 0.6 is 27.5 Å². The molecule has 1 N–H and O–H groups in total. The van der Waals surface area contributed by atoms with E-state index in [1.165, 1.54) is 0 Å². The van der Waals surface area contributed by atoms with Gasteiger partial charge in [-0.1, -0.05) is 30.7 Å². The van der Waals surface area contributed by atoms with E-state index in [-0.39, 0.29) is 11.9 Å². The molecule has 2 rings (SSSR count). The second-order valence-electron chi connectivity index (χ2n) is 4.52. The van der Waals surface area contributed by atoms with Gasteiger partial charge in [0.25, 0.3) is 0 Å². The summed E-state index contributed by atoms with van der Waals surface area (Å²) in [6.45, 7) is 2.66. The van der Waals surface area contributed by atoms with Crippen LogP contribution in [-0.4, -0.2) is 13.7 Å². The minimum Gasteiger partial charge on any atom is -0.496 e. The minimum absolute atomic E-state index is 0.287. The van der Waals surface area contributed by atoms with E-state index < -0.39 is 0 Å². The summed E-state index contributed by atoms with van der Waals surface area (Å²) < 4.78 is 20.3. The Bertz CT molecular complexity index is 636. The predicted octanol–water partition coefficient (Wildman–Crippen LogP) is 4.95. The average molecular weight is 373 g/mol. The van der Waals surface area contributed by atoms with Crippen LogP contribution in [0.25, 0.3) is 0 Å². The molecule has 2 aromatic rings. The molecule has 0 fully saturated rings. The summed E-state index contributed by atoms with van der Waals surface area (Å²) in [6.07, 6.45) is 0. The molecule has 1 atom stereocenters. The standard InChI is InChI=1S/C16H16BrClFNO/c1-3-20-16(11-5-4-6-13(17)15(11)19)12-9-10(18)7-8-14(12)21-2/h4-9,16,20H,3H2,1-2H3. The van der Waals surface area contributed by atoms with E-state index in [4.69, 9.17) is 16.3 Å². The van der Waals surface area contributed by atoms with Crippen molar-refractivity contribution in [3.63, 3.8) is 0 Å². The molecule has 21 heavy (non-hydrogen) atoms. The zero-order chi connectivity index (χ0) is 15.4. The molecular formula is C16H16BrClFNO. The Morgan fingerprint density at radius 2 is 2.05 bits per heavy atom. The first-order valence-corrected chi connectivity index (χ1v) is 7.76. The van der Waals surface area contributed by atoms with Crippen molar-refractivity contribution in [3.05, 3.63) is 62.8 Å². The molecule has 2 nitrogen and oxygen atoms in total. The van der Waals surface area contributed by atoms with Crippen molar-refractivity contribution in [2.24, 2.45) is 0 Å². The zero-order valence-corrected chi connectivity index (χ0v) is 14.1. The summed E-state index contributed by atoms with van der Waals surface area (Å²) >= 11 is 9.32. The molecule has 1 unspecified atom stereocenters. The Morgan fingerprint density at radius 3 is 2.71 bits per heavy atom. The molecule has 5 heteroatoms. The summed E-state index contributed by atoms with van der Waals surface area (Å²) in [6, 6.07) is 10.3. The first kappa shape index (κ1) is 16.3. The van der Waals surface area contributed by atoms with Crippen molar-refractivity contribution in [1.29, 1.82) is 0 Å². The van der Waals surface area contributed by atoms with Crippen molar-refractivity contribution in [2.45, 2.75) is 13.0 Å². The average Bonchev–Trinajstić information content (AvgIpc) is 2.48. The van der Waals surface area contributed by atoms with Gasteiger partial charge in [0, 0.05) is 16.1 Å². The van der Waals surface area contributed by atoms with E-state index in [9.17, 15) is 4.39 Å². The van der Waals surface area contributed by atoms with E-state index in [1.54, 1.807) is 37.4 Å². The van der Waals surface area contributed by atoms with Crippen molar-refractivity contribution in [3.8, 4) is 5.75 Å². The number of rotatable bonds is 5. The quantitative estimate of drug-likeness (QED) is 0.802. The lowest BCUT2D eigenvalue weighted by molar-refractivity contribution is 0.403. The highest BCUT2D eigenvalue weighted by molar-refractivity contribution is 9.10. The summed E-state index contributed by atoms with van der Waals surface area (Å²) in [5.41, 5.74) is 1.36. The molecule has 0 saturated heterocycles. The first-order chi connectivity index (χ1) is 10.1. The maximum Gasteiger partial charge on any atom is 0.142 e. The molecule has 0 amide bonds. The Hall–Kier alpha value is -1.10. The SMILES string of the molecule is CCNC(c1cc(Cl)ccc1OC)c1cccc(Br)c1F. The van der Waals surface area contributed by atoms with Gasteiger partial charge in [-0.3, -0.25) is 0 Å². The number of hydrogen-bond acceptors (Lipinski definition) is 2. The van der Waals surface area contributed by atoms with Gasteiger partial charge in [0.15, 0.2) is 0 Å². The van der Waals surface area contributed by atoms with Gasteiger partial charge in [0.1, 0.15) is 11.6 Å². The fourth-order valence-corrected chi connectivity index (χ4v) is 2.83. The van der Waals surface area contributed by atoms with Crippen molar-refractivity contribution < 1.29 is 9.13 Å². The highest BCUT2D eigenvalue weighted by Crippen LogP contribution is 2.34. The fraction of sp³-hybridized carbons (Fsp3) is 0.250. The minimum atomic E-state index is -0.332. The third-order valence-electron chi connectivity index (χ3n) is 3.20. The molecule has 112 valence electrons. The highest BCUT2D eigenvalue weighted by atomic mass is 79.9. The van der Waals surface area contributed by atoms with E-state index in [1.807, 2.05) is 13.0 Å². The van der Waals surface area contributed by atoms with E-state index in [2.05, 4.69) is 21.2 Å². The number of nitrogens with one attached hydrogen (secondary N) is 1. The van der Waals surface area contributed by atoms with Crippen LogP contribution in [0.2, 0.25) is 5.02 Å². The summed E-state index contributed by atoms with van der Waals surface area (Å²) in [5, 5.41) is 3.87. The molecule has 0 aliphatic heterocycles. The lowest BCUT2D eigenvalue weighted by atomic mass is 9.97. The molecule has 0 heterocycles. The predicted molar refractivity (Wildman–Crippen MR) is 87.6 cm³/mol. The maximum absolute atomic E-state index is 14.4. The molecular weight excluding hydrogens is 357 g/mol. The van der Waals surface area contributed by atoms with Crippen LogP contribution in [0.4, 0.5) is 4.39 Å². The van der Waals surface area contributed by atoms with Crippen LogP contribution in [0.5, 0.6) is 5.75 Å². The van der Waals surface area contributed by atoms with E-state index >= 15 is 0 Å². The summed E-state index contributed by atoms with van der Waals surface area (Å²) in [7, 11) is 1.59. The van der Waals surface area contributed by atoms with E-state index in [0.29, 0.717) is 27.4 Å². The third kappa shape index (κ3) is 3.57. The number of benzene rings is 2. The number of hydrogen-bond donors (Lipinski definition) is 1. The largest absolute Gasteiger partial charge is 0.496 e. The van der Waals surface area contributed by atoms with Gasteiger partial charge in [0.05, 0.1) is 17.6 Å². The topological polar surface area (TPSA) is 21.3 Å².